The Hall–Kier alpha value is -0.149. The average molecular weight is 988 g/mol. The van der Waals surface area contributed by atoms with Gasteiger partial charge in [0.05, 0.1) is 5.60 Å². The Morgan fingerprint density at radius 2 is 0.875 bits per heavy atom. The summed E-state index contributed by atoms with van der Waals surface area (Å²) >= 11 is 0. The summed E-state index contributed by atoms with van der Waals surface area (Å²) in [6.07, 6.45) is 2.40. The van der Waals surface area contributed by atoms with E-state index >= 15 is 0 Å². The molecule has 0 saturated carbocycles. The molecule has 0 heterocycles. The monoisotopic (exact) mass is 988 g/mol. The molecule has 7 N–H and O–H groups in total. The molecule has 0 aromatic rings. The number of hydrogen-bond donors (Lipinski definition) is 5. The molecular weight excluding hydrogens is 891 g/mol. The molecule has 0 saturated heterocycles. The number of rotatable bonds is 41. The molecule has 0 aliphatic heterocycles. The highest BCUT2D eigenvalue weighted by Gasteiger charge is 2.48. The second kappa shape index (κ2) is 41.8. The van der Waals surface area contributed by atoms with Crippen LogP contribution >= 0.6 is 0 Å². The van der Waals surface area contributed by atoms with Crippen LogP contribution in [0.5, 0.6) is 0 Å². The lowest BCUT2D eigenvalue weighted by atomic mass is 9.99. The summed E-state index contributed by atoms with van der Waals surface area (Å²) < 4.78 is 84.8. The van der Waals surface area contributed by atoms with Crippen LogP contribution in [0.4, 0.5) is 0 Å². The molecule has 0 radical (unpaired) electrons. The van der Waals surface area contributed by atoms with Crippen molar-refractivity contribution in [2.45, 2.75) is 176 Å². The van der Waals surface area contributed by atoms with Crippen LogP contribution in [0.15, 0.2) is 0 Å². The van der Waals surface area contributed by atoms with Gasteiger partial charge in [-0.05, 0) is 127 Å². The largest absolute Gasteiger partial charge is 0.506 e. The molecule has 23 heteroatoms. The van der Waals surface area contributed by atoms with Crippen LogP contribution in [0, 0.1) is 0 Å². The Labute approximate surface area is 391 Å². The molecule has 6 unspecified atom stereocenters. The third kappa shape index (κ3) is 33.4. The minimum absolute atomic E-state index is 0.00385. The van der Waals surface area contributed by atoms with E-state index < -0.39 is 69.8 Å². The third-order valence-corrected chi connectivity index (χ3v) is 18.5. The predicted octanol–water partition coefficient (Wildman–Crippen LogP) is 4.92. The number of nitrogens with two attached hydrogens (primary N) is 2. The summed E-state index contributed by atoms with van der Waals surface area (Å²) in [7, 11) is 1.10. The topological polar surface area (TPSA) is 243 Å². The van der Waals surface area contributed by atoms with Crippen molar-refractivity contribution in [3.8, 4) is 0 Å². The van der Waals surface area contributed by atoms with Crippen molar-refractivity contribution in [1.29, 1.82) is 0 Å². The van der Waals surface area contributed by atoms with Crippen molar-refractivity contribution in [3.05, 3.63) is 0 Å². The molecule has 0 fully saturated rings. The van der Waals surface area contributed by atoms with E-state index in [1.54, 1.807) is 84.2 Å². The first kappa shape index (κ1) is 68.1. The Morgan fingerprint density at radius 3 is 1.19 bits per heavy atom. The molecule has 20 nitrogen and oxygen atoms in total. The van der Waals surface area contributed by atoms with Crippen LogP contribution in [0.25, 0.3) is 0 Å². The lowest BCUT2D eigenvalue weighted by Crippen LogP contribution is -2.53. The van der Waals surface area contributed by atoms with Gasteiger partial charge < -0.3 is 95.3 Å². The molecule has 64 heavy (non-hydrogen) atoms. The number of nitrogens with one attached hydrogen (secondary N) is 1. The van der Waals surface area contributed by atoms with Gasteiger partial charge in [0, 0.05) is 87.2 Å². The molecule has 0 bridgehead atoms. The average Bonchev–Trinajstić information content (AvgIpc) is 3.25. The maximum Gasteiger partial charge on any atom is 0.506 e. The molecule has 0 aromatic heterocycles. The lowest BCUT2D eigenvalue weighted by Gasteiger charge is -2.39. The molecule has 0 rings (SSSR count). The number of methoxy groups -OCH3 is 3. The first-order valence-corrected chi connectivity index (χ1v) is 28.7. The van der Waals surface area contributed by atoms with Crippen LogP contribution < -0.4 is 16.8 Å². The van der Waals surface area contributed by atoms with Crippen molar-refractivity contribution < 1.29 is 78.5 Å². The number of hydrogen-bond acceptors (Lipinski definition) is 20. The zero-order chi connectivity index (χ0) is 49.5. The van der Waals surface area contributed by atoms with Gasteiger partial charge in [0.1, 0.15) is 0 Å². The van der Waals surface area contributed by atoms with Gasteiger partial charge in [-0.1, -0.05) is 13.3 Å². The summed E-state index contributed by atoms with van der Waals surface area (Å²) in [5.74, 6) is 0. The van der Waals surface area contributed by atoms with Gasteiger partial charge in [-0.15, -0.1) is 0 Å². The van der Waals surface area contributed by atoms with Crippen LogP contribution in [-0.4, -0.2) is 175 Å². The quantitative estimate of drug-likeness (QED) is 0.0310. The number of ether oxygens (including phenoxy) is 6. The van der Waals surface area contributed by atoms with E-state index in [0.29, 0.717) is 57.7 Å². The van der Waals surface area contributed by atoms with Gasteiger partial charge in [-0.2, -0.15) is 0 Å². The summed E-state index contributed by atoms with van der Waals surface area (Å²) in [5, 5.41) is 21.8. The smallest absolute Gasteiger partial charge is 0.396 e. The number of unbranched alkanes of at least 4 members (excludes halogenated alkanes) is 1. The lowest BCUT2D eigenvalue weighted by molar-refractivity contribution is -0.251. The van der Waals surface area contributed by atoms with Gasteiger partial charge in [-0.25, -0.2) is 0 Å². The van der Waals surface area contributed by atoms with Crippen molar-refractivity contribution >= 4 is 26.4 Å². The Kier molecular flexibility index (Phi) is 44.5. The SMILES string of the molecule is CCCCNCCC[Si](OC)(OC)OC.CCO[Si](CCCN)(OCC)OC(C)(CCO)CCO.COC(C)OC(C)O[Si](CCCN)(OC(C)OC(C)OC)OC(C)OC(C)OC. The van der Waals surface area contributed by atoms with E-state index in [-0.39, 0.29) is 13.2 Å². The number of aliphatic hydroxyl groups is 2. The molecule has 6 atom stereocenters. The maximum atomic E-state index is 9.21. The van der Waals surface area contributed by atoms with Gasteiger partial charge >= 0.3 is 26.4 Å². The van der Waals surface area contributed by atoms with Gasteiger partial charge in [-0.3, -0.25) is 0 Å². The molecule has 0 aliphatic carbocycles. The van der Waals surface area contributed by atoms with Crippen LogP contribution in [0.1, 0.15) is 114 Å². The molecule has 0 aromatic carbocycles. The standard InChI is InChI=1S/C18H41NO9Si.C13H31NO5Si.C10H25NO3Si/c1-13(20-7)23-16(4)26-29(12-10-11-19,27-17(5)24-14(2)21-8)28-18(6)25-15(3)22-9;1-4-17-20(18-5-2,12-6-9-14)19-13(3,7-10-15)8-11-16;1-5-6-8-11-9-7-10-15(12-2,13-3)14-4/h13-18H,10-12,19H2,1-9H3;15-16H,4-12,14H2,1-3H3;11H,5-10H2,1-4H3. The normalized spacial score (nSPS) is 16.1. The van der Waals surface area contributed by atoms with E-state index in [9.17, 15) is 10.2 Å². The van der Waals surface area contributed by atoms with Crippen LogP contribution in [-0.2, 0) is 68.3 Å². The zero-order valence-electron chi connectivity index (χ0n) is 42.9. The van der Waals surface area contributed by atoms with E-state index in [1.807, 2.05) is 20.8 Å². The maximum absolute atomic E-state index is 9.21. The highest BCUT2D eigenvalue weighted by atomic mass is 28.4. The molecular formula is C41H97N3O17Si3. The van der Waals surface area contributed by atoms with Crippen molar-refractivity contribution in [3.63, 3.8) is 0 Å². The van der Waals surface area contributed by atoms with Gasteiger partial charge in [0.15, 0.2) is 37.7 Å². The molecule has 0 aliphatic rings. The van der Waals surface area contributed by atoms with E-state index in [4.69, 9.17) is 79.7 Å². The first-order valence-electron chi connectivity index (χ1n) is 22.9. The fourth-order valence-electron chi connectivity index (χ4n) is 5.94. The van der Waals surface area contributed by atoms with Crippen molar-refractivity contribution in [2.24, 2.45) is 11.5 Å². The number of aliphatic hydroxyl groups excluding tert-OH is 2. The molecule has 0 amide bonds. The Morgan fingerprint density at radius 1 is 0.516 bits per heavy atom. The minimum atomic E-state index is -3.37. The van der Waals surface area contributed by atoms with Gasteiger partial charge in [0.25, 0.3) is 0 Å². The van der Waals surface area contributed by atoms with E-state index in [1.165, 1.54) is 12.8 Å². The summed E-state index contributed by atoms with van der Waals surface area (Å²) in [6.45, 7) is 22.5. The van der Waals surface area contributed by atoms with Crippen molar-refractivity contribution in [2.75, 3.05) is 95.3 Å². The molecule has 390 valence electrons. The molecule has 0 spiro atoms. The zero-order valence-corrected chi connectivity index (χ0v) is 45.9. The van der Waals surface area contributed by atoms with Crippen LogP contribution in [0.3, 0.4) is 0 Å². The second-order valence-electron chi connectivity index (χ2n) is 14.9. The second-order valence-corrected chi connectivity index (χ2v) is 23.2. The summed E-state index contributed by atoms with van der Waals surface area (Å²) in [5.41, 5.74) is 10.7. The van der Waals surface area contributed by atoms with Gasteiger partial charge in [0.2, 0.25) is 0 Å². The summed E-state index contributed by atoms with van der Waals surface area (Å²) in [6, 6.07) is 1.97. The minimum Gasteiger partial charge on any atom is -0.396 e. The van der Waals surface area contributed by atoms with Crippen molar-refractivity contribution in [1.82, 2.24) is 5.32 Å². The Balaban J connectivity index is -0.000000926. The third-order valence-electron chi connectivity index (χ3n) is 9.44. The first-order chi connectivity index (χ1) is 30.4. The van der Waals surface area contributed by atoms with E-state index in [2.05, 4.69) is 12.2 Å². The highest BCUT2D eigenvalue weighted by Crippen LogP contribution is 2.30. The summed E-state index contributed by atoms with van der Waals surface area (Å²) in [4.78, 5) is 0. The fourth-order valence-corrected chi connectivity index (χ4v) is 13.6. The fraction of sp³-hybridized carbons (Fsp3) is 1.00. The van der Waals surface area contributed by atoms with E-state index in [0.717, 1.165) is 32.0 Å². The highest BCUT2D eigenvalue weighted by molar-refractivity contribution is 6.61. The van der Waals surface area contributed by atoms with Crippen LogP contribution in [0.2, 0.25) is 18.1 Å². The Bertz CT molecular complexity index is 952. The predicted molar refractivity (Wildman–Crippen MR) is 253 cm³/mol.